The fraction of sp³-hybridized carbons (Fsp3) is 0.688. The smallest absolute Gasteiger partial charge is 0.213 e. The average Bonchev–Trinajstić information content (AvgIpc) is 2.72. The SMILES string of the molecule is Cc1ccc(OC[C@H]2CCC[C@@]2(C)C(C)C)nc1. The van der Waals surface area contributed by atoms with Gasteiger partial charge >= 0.3 is 0 Å². The molecular weight excluding hydrogens is 222 g/mol. The van der Waals surface area contributed by atoms with Gasteiger partial charge in [0, 0.05) is 12.3 Å². The Morgan fingerprint density at radius 2 is 2.22 bits per heavy atom. The molecule has 0 amide bonds. The fourth-order valence-electron chi connectivity index (χ4n) is 3.02. The van der Waals surface area contributed by atoms with E-state index in [4.69, 9.17) is 4.74 Å². The normalized spacial score (nSPS) is 27.7. The summed E-state index contributed by atoms with van der Waals surface area (Å²) in [5, 5.41) is 0. The van der Waals surface area contributed by atoms with Gasteiger partial charge in [-0.25, -0.2) is 4.98 Å². The van der Waals surface area contributed by atoms with Gasteiger partial charge in [-0.3, -0.25) is 0 Å². The van der Waals surface area contributed by atoms with Crippen LogP contribution < -0.4 is 4.74 Å². The number of aromatic nitrogens is 1. The van der Waals surface area contributed by atoms with Gasteiger partial charge in [0.2, 0.25) is 5.88 Å². The van der Waals surface area contributed by atoms with E-state index >= 15 is 0 Å². The number of hydrogen-bond donors (Lipinski definition) is 0. The van der Waals surface area contributed by atoms with Crippen LogP contribution in [0.3, 0.4) is 0 Å². The summed E-state index contributed by atoms with van der Waals surface area (Å²) in [6, 6.07) is 4.02. The van der Waals surface area contributed by atoms with Crippen LogP contribution in [0.2, 0.25) is 0 Å². The van der Waals surface area contributed by atoms with Crippen molar-refractivity contribution in [1.82, 2.24) is 4.98 Å². The Labute approximate surface area is 111 Å². The second kappa shape index (κ2) is 5.29. The third-order valence-corrected chi connectivity index (χ3v) is 4.84. The Morgan fingerprint density at radius 1 is 1.44 bits per heavy atom. The van der Waals surface area contributed by atoms with E-state index < -0.39 is 0 Å². The van der Waals surface area contributed by atoms with E-state index in [9.17, 15) is 0 Å². The quantitative estimate of drug-likeness (QED) is 0.794. The summed E-state index contributed by atoms with van der Waals surface area (Å²) in [6.45, 7) is 9.94. The molecule has 1 aromatic heterocycles. The van der Waals surface area contributed by atoms with Crippen LogP contribution in [0.25, 0.3) is 0 Å². The van der Waals surface area contributed by atoms with Crippen molar-refractivity contribution in [3.05, 3.63) is 23.9 Å². The summed E-state index contributed by atoms with van der Waals surface area (Å²) in [5.74, 6) is 2.15. The monoisotopic (exact) mass is 247 g/mol. The van der Waals surface area contributed by atoms with Crippen LogP contribution in [0, 0.1) is 24.2 Å². The minimum Gasteiger partial charge on any atom is -0.477 e. The van der Waals surface area contributed by atoms with Crippen molar-refractivity contribution < 1.29 is 4.74 Å². The molecule has 1 fully saturated rings. The van der Waals surface area contributed by atoms with Gasteiger partial charge in [-0.2, -0.15) is 0 Å². The van der Waals surface area contributed by atoms with E-state index in [1.54, 1.807) is 0 Å². The van der Waals surface area contributed by atoms with E-state index in [1.165, 1.54) is 24.8 Å². The van der Waals surface area contributed by atoms with Gasteiger partial charge in [-0.05, 0) is 42.6 Å². The number of nitrogens with zero attached hydrogens (tertiary/aromatic N) is 1. The first kappa shape index (κ1) is 13.4. The van der Waals surface area contributed by atoms with Crippen molar-refractivity contribution in [2.45, 2.75) is 47.0 Å². The molecule has 2 heteroatoms. The van der Waals surface area contributed by atoms with Crippen LogP contribution in [0.15, 0.2) is 18.3 Å². The number of ether oxygens (including phenoxy) is 1. The van der Waals surface area contributed by atoms with Crippen LogP contribution in [0.5, 0.6) is 5.88 Å². The van der Waals surface area contributed by atoms with Crippen molar-refractivity contribution >= 4 is 0 Å². The van der Waals surface area contributed by atoms with Gasteiger partial charge in [0.25, 0.3) is 0 Å². The molecule has 18 heavy (non-hydrogen) atoms. The predicted molar refractivity (Wildman–Crippen MR) is 74.8 cm³/mol. The third kappa shape index (κ3) is 2.68. The molecule has 1 saturated carbocycles. The van der Waals surface area contributed by atoms with Gasteiger partial charge in [0.15, 0.2) is 0 Å². The second-order valence-electron chi connectivity index (χ2n) is 6.23. The summed E-state index contributed by atoms with van der Waals surface area (Å²) in [6.07, 6.45) is 5.83. The molecule has 1 aliphatic carbocycles. The van der Waals surface area contributed by atoms with Crippen molar-refractivity contribution in [1.29, 1.82) is 0 Å². The van der Waals surface area contributed by atoms with Crippen LogP contribution in [-0.4, -0.2) is 11.6 Å². The number of rotatable bonds is 4. The zero-order valence-electron chi connectivity index (χ0n) is 12.1. The molecule has 2 atom stereocenters. The van der Waals surface area contributed by atoms with E-state index in [-0.39, 0.29) is 0 Å². The molecule has 1 aromatic rings. The van der Waals surface area contributed by atoms with E-state index in [0.29, 0.717) is 11.3 Å². The maximum absolute atomic E-state index is 5.88. The van der Waals surface area contributed by atoms with Crippen LogP contribution in [0.4, 0.5) is 0 Å². The molecule has 2 nitrogen and oxygen atoms in total. The first-order valence-electron chi connectivity index (χ1n) is 7.08. The summed E-state index contributed by atoms with van der Waals surface area (Å²) in [4.78, 5) is 4.31. The van der Waals surface area contributed by atoms with Gasteiger partial charge in [0.1, 0.15) is 0 Å². The Kier molecular flexibility index (Phi) is 3.94. The molecule has 0 saturated heterocycles. The highest BCUT2D eigenvalue weighted by atomic mass is 16.5. The molecule has 100 valence electrons. The molecule has 1 heterocycles. The summed E-state index contributed by atoms with van der Waals surface area (Å²) >= 11 is 0. The first-order chi connectivity index (χ1) is 8.52. The highest BCUT2D eigenvalue weighted by Crippen LogP contribution is 2.48. The van der Waals surface area contributed by atoms with Crippen LogP contribution in [0.1, 0.15) is 45.6 Å². The lowest BCUT2D eigenvalue weighted by Gasteiger charge is -2.35. The molecule has 0 bridgehead atoms. The fourth-order valence-corrected chi connectivity index (χ4v) is 3.02. The molecule has 0 unspecified atom stereocenters. The van der Waals surface area contributed by atoms with Gasteiger partial charge in [-0.15, -0.1) is 0 Å². The van der Waals surface area contributed by atoms with E-state index in [0.717, 1.165) is 18.4 Å². The number of aryl methyl sites for hydroxylation is 1. The standard InChI is InChI=1S/C16H25NO/c1-12(2)16(4)9-5-6-14(16)11-18-15-8-7-13(3)10-17-15/h7-8,10,12,14H,5-6,9,11H2,1-4H3/t14-,16+/m1/s1. The molecule has 0 aliphatic heterocycles. The summed E-state index contributed by atoms with van der Waals surface area (Å²) < 4.78 is 5.88. The lowest BCUT2D eigenvalue weighted by Crippen LogP contribution is -2.31. The number of hydrogen-bond acceptors (Lipinski definition) is 2. The summed E-state index contributed by atoms with van der Waals surface area (Å²) in [5.41, 5.74) is 1.61. The third-order valence-electron chi connectivity index (χ3n) is 4.84. The van der Waals surface area contributed by atoms with Gasteiger partial charge in [-0.1, -0.05) is 33.3 Å². The minimum absolute atomic E-state index is 0.435. The summed E-state index contributed by atoms with van der Waals surface area (Å²) in [7, 11) is 0. The minimum atomic E-state index is 0.435. The molecule has 1 aliphatic rings. The van der Waals surface area contributed by atoms with E-state index in [2.05, 4.69) is 31.8 Å². The highest BCUT2D eigenvalue weighted by molar-refractivity contribution is 5.16. The maximum atomic E-state index is 5.88. The molecule has 0 radical (unpaired) electrons. The van der Waals surface area contributed by atoms with Crippen LogP contribution >= 0.6 is 0 Å². The average molecular weight is 247 g/mol. The van der Waals surface area contributed by atoms with Crippen molar-refractivity contribution in [3.63, 3.8) is 0 Å². The Morgan fingerprint density at radius 3 is 2.83 bits per heavy atom. The maximum Gasteiger partial charge on any atom is 0.213 e. The molecule has 0 aromatic carbocycles. The largest absolute Gasteiger partial charge is 0.477 e. The molecular formula is C16H25NO. The Hall–Kier alpha value is -1.05. The second-order valence-corrected chi connectivity index (χ2v) is 6.23. The Bertz CT molecular complexity index is 385. The first-order valence-corrected chi connectivity index (χ1v) is 7.08. The van der Waals surface area contributed by atoms with Crippen molar-refractivity contribution in [2.75, 3.05) is 6.61 Å². The van der Waals surface area contributed by atoms with Gasteiger partial charge < -0.3 is 4.74 Å². The number of pyridine rings is 1. The van der Waals surface area contributed by atoms with E-state index in [1.807, 2.05) is 19.2 Å². The zero-order chi connectivity index (χ0) is 13.2. The predicted octanol–water partition coefficient (Wildman–Crippen LogP) is 4.23. The molecule has 0 N–H and O–H groups in total. The van der Waals surface area contributed by atoms with Crippen molar-refractivity contribution in [3.8, 4) is 5.88 Å². The van der Waals surface area contributed by atoms with Crippen molar-refractivity contribution in [2.24, 2.45) is 17.3 Å². The molecule has 2 rings (SSSR count). The lowest BCUT2D eigenvalue weighted by atomic mass is 9.71. The van der Waals surface area contributed by atoms with Crippen LogP contribution in [-0.2, 0) is 0 Å². The molecule has 0 spiro atoms. The highest BCUT2D eigenvalue weighted by Gasteiger charge is 2.41. The topological polar surface area (TPSA) is 22.1 Å². The zero-order valence-corrected chi connectivity index (χ0v) is 12.1. The van der Waals surface area contributed by atoms with Gasteiger partial charge in [0.05, 0.1) is 6.61 Å². The lowest BCUT2D eigenvalue weighted by molar-refractivity contribution is 0.0963. The Balaban J connectivity index is 1.95.